The third-order valence-electron chi connectivity index (χ3n) is 3.30. The molecule has 4 heteroatoms. The molecule has 3 nitrogen and oxygen atoms in total. The van der Waals surface area contributed by atoms with Gasteiger partial charge in [-0.3, -0.25) is 4.79 Å². The van der Waals surface area contributed by atoms with Crippen LogP contribution in [0.25, 0.3) is 0 Å². The first-order chi connectivity index (χ1) is 9.25. The second-order valence-electron chi connectivity index (χ2n) is 4.88. The molecule has 1 aromatic rings. The molecule has 1 saturated heterocycles. The Morgan fingerprint density at radius 2 is 2.05 bits per heavy atom. The van der Waals surface area contributed by atoms with Gasteiger partial charge >= 0.3 is 0 Å². The molecule has 1 aliphatic rings. The number of benzene rings is 1. The second kappa shape index (κ2) is 7.36. The predicted octanol–water partition coefficient (Wildman–Crippen LogP) is 2.38. The Labute approximate surface area is 112 Å². The average molecular weight is 266 g/mol. The van der Waals surface area contributed by atoms with Crippen LogP contribution in [-0.4, -0.2) is 32.2 Å². The Hall–Kier alpha value is -1.26. The van der Waals surface area contributed by atoms with Crippen molar-refractivity contribution in [3.63, 3.8) is 0 Å². The SMILES string of the molecule is O=C(COCC1CCOCC1)Cc1ccccc1F. The minimum Gasteiger partial charge on any atom is -0.381 e. The Kier molecular flexibility index (Phi) is 5.48. The van der Waals surface area contributed by atoms with Crippen LogP contribution in [0.2, 0.25) is 0 Å². The quantitative estimate of drug-likeness (QED) is 0.793. The molecule has 0 bridgehead atoms. The van der Waals surface area contributed by atoms with Gasteiger partial charge in [0.15, 0.2) is 5.78 Å². The van der Waals surface area contributed by atoms with E-state index < -0.39 is 0 Å². The molecule has 1 fully saturated rings. The van der Waals surface area contributed by atoms with E-state index in [-0.39, 0.29) is 24.6 Å². The molecule has 0 aliphatic carbocycles. The van der Waals surface area contributed by atoms with Gasteiger partial charge in [0.25, 0.3) is 0 Å². The molecule has 0 saturated carbocycles. The molecule has 0 radical (unpaired) electrons. The maximum Gasteiger partial charge on any atom is 0.162 e. The molecular formula is C15H19FO3. The number of rotatable bonds is 6. The Balaban J connectivity index is 1.68. The first kappa shape index (κ1) is 14.2. The number of Topliss-reactive ketones (excluding diaryl/α,β-unsaturated/α-hetero) is 1. The molecule has 0 amide bonds. The van der Waals surface area contributed by atoms with Gasteiger partial charge in [0.1, 0.15) is 12.4 Å². The van der Waals surface area contributed by atoms with Gasteiger partial charge in [0, 0.05) is 19.6 Å². The van der Waals surface area contributed by atoms with Crippen LogP contribution in [0.4, 0.5) is 4.39 Å². The van der Waals surface area contributed by atoms with Crippen LogP contribution in [0.1, 0.15) is 18.4 Å². The largest absolute Gasteiger partial charge is 0.381 e. The van der Waals surface area contributed by atoms with E-state index in [1.165, 1.54) is 6.07 Å². The van der Waals surface area contributed by atoms with E-state index in [1.54, 1.807) is 18.2 Å². The van der Waals surface area contributed by atoms with E-state index in [0.717, 1.165) is 26.1 Å². The zero-order valence-corrected chi connectivity index (χ0v) is 10.9. The third-order valence-corrected chi connectivity index (χ3v) is 3.30. The first-order valence-corrected chi connectivity index (χ1v) is 6.66. The molecule has 0 unspecified atom stereocenters. The van der Waals surface area contributed by atoms with Gasteiger partial charge in [-0.1, -0.05) is 18.2 Å². The fraction of sp³-hybridized carbons (Fsp3) is 0.533. The highest BCUT2D eigenvalue weighted by Gasteiger charge is 2.15. The topological polar surface area (TPSA) is 35.5 Å². The number of halogens is 1. The Morgan fingerprint density at radius 1 is 1.32 bits per heavy atom. The summed E-state index contributed by atoms with van der Waals surface area (Å²) in [6.45, 7) is 2.20. The highest BCUT2D eigenvalue weighted by atomic mass is 19.1. The normalized spacial score (nSPS) is 16.5. The van der Waals surface area contributed by atoms with Crippen molar-refractivity contribution in [1.29, 1.82) is 0 Å². The summed E-state index contributed by atoms with van der Waals surface area (Å²) >= 11 is 0. The van der Waals surface area contributed by atoms with E-state index in [9.17, 15) is 9.18 Å². The summed E-state index contributed by atoms with van der Waals surface area (Å²) in [4.78, 5) is 11.7. The highest BCUT2D eigenvalue weighted by molar-refractivity contribution is 5.82. The number of carbonyl (C=O) groups is 1. The van der Waals surface area contributed by atoms with Crippen LogP contribution in [0, 0.1) is 11.7 Å². The fourth-order valence-electron chi connectivity index (χ4n) is 2.16. The van der Waals surface area contributed by atoms with Crippen molar-refractivity contribution in [2.45, 2.75) is 19.3 Å². The summed E-state index contributed by atoms with van der Waals surface area (Å²) in [5.41, 5.74) is 0.433. The molecule has 1 aliphatic heterocycles. The lowest BCUT2D eigenvalue weighted by atomic mass is 10.0. The lowest BCUT2D eigenvalue weighted by molar-refractivity contribution is -0.123. The first-order valence-electron chi connectivity index (χ1n) is 6.66. The minimum absolute atomic E-state index is 0.0612. The Morgan fingerprint density at radius 3 is 2.79 bits per heavy atom. The van der Waals surface area contributed by atoms with E-state index in [2.05, 4.69) is 0 Å². The van der Waals surface area contributed by atoms with Gasteiger partial charge in [0.2, 0.25) is 0 Å². The molecule has 0 N–H and O–H groups in total. The smallest absolute Gasteiger partial charge is 0.162 e. The van der Waals surface area contributed by atoms with Crippen LogP contribution < -0.4 is 0 Å². The number of hydrogen-bond donors (Lipinski definition) is 0. The van der Waals surface area contributed by atoms with Gasteiger partial charge in [-0.2, -0.15) is 0 Å². The van der Waals surface area contributed by atoms with Gasteiger partial charge in [0.05, 0.1) is 6.61 Å². The van der Waals surface area contributed by atoms with Gasteiger partial charge in [-0.05, 0) is 30.4 Å². The van der Waals surface area contributed by atoms with E-state index in [0.29, 0.717) is 18.1 Å². The molecule has 0 atom stereocenters. The lowest BCUT2D eigenvalue weighted by Gasteiger charge is -2.21. The molecule has 2 rings (SSSR count). The van der Waals surface area contributed by atoms with Crippen LogP contribution in [-0.2, 0) is 20.7 Å². The number of carbonyl (C=O) groups excluding carboxylic acids is 1. The monoisotopic (exact) mass is 266 g/mol. The summed E-state index contributed by atoms with van der Waals surface area (Å²) in [7, 11) is 0. The van der Waals surface area contributed by atoms with E-state index >= 15 is 0 Å². The summed E-state index contributed by atoms with van der Waals surface area (Å²) in [6, 6.07) is 6.34. The molecule has 1 heterocycles. The maximum atomic E-state index is 13.4. The summed E-state index contributed by atoms with van der Waals surface area (Å²) in [5.74, 6) is 0.0625. The fourth-order valence-corrected chi connectivity index (χ4v) is 2.16. The number of ketones is 1. The standard InChI is InChI=1S/C15H19FO3/c16-15-4-2-1-3-13(15)9-14(17)11-19-10-12-5-7-18-8-6-12/h1-4,12H,5-11H2. The minimum atomic E-state index is -0.333. The number of hydrogen-bond acceptors (Lipinski definition) is 3. The van der Waals surface area contributed by atoms with E-state index in [4.69, 9.17) is 9.47 Å². The molecule has 0 spiro atoms. The van der Waals surface area contributed by atoms with Crippen LogP contribution in [0.15, 0.2) is 24.3 Å². The summed E-state index contributed by atoms with van der Waals surface area (Å²) in [5, 5.41) is 0. The van der Waals surface area contributed by atoms with Gasteiger partial charge in [-0.15, -0.1) is 0 Å². The summed E-state index contributed by atoms with van der Waals surface area (Å²) in [6.07, 6.45) is 2.07. The molecular weight excluding hydrogens is 247 g/mol. The van der Waals surface area contributed by atoms with Crippen molar-refractivity contribution in [2.24, 2.45) is 5.92 Å². The molecule has 0 aromatic heterocycles. The highest BCUT2D eigenvalue weighted by Crippen LogP contribution is 2.14. The van der Waals surface area contributed by atoms with Crippen molar-refractivity contribution < 1.29 is 18.7 Å². The molecule has 1 aromatic carbocycles. The van der Waals surface area contributed by atoms with Crippen molar-refractivity contribution in [2.75, 3.05) is 26.4 Å². The molecule has 19 heavy (non-hydrogen) atoms. The van der Waals surface area contributed by atoms with Crippen molar-refractivity contribution in [3.8, 4) is 0 Å². The second-order valence-corrected chi connectivity index (χ2v) is 4.88. The van der Waals surface area contributed by atoms with Crippen LogP contribution in [0.5, 0.6) is 0 Å². The third kappa shape index (κ3) is 4.73. The zero-order chi connectivity index (χ0) is 13.5. The van der Waals surface area contributed by atoms with Gasteiger partial charge < -0.3 is 9.47 Å². The van der Waals surface area contributed by atoms with E-state index in [1.807, 2.05) is 0 Å². The lowest BCUT2D eigenvalue weighted by Crippen LogP contribution is -2.22. The predicted molar refractivity (Wildman–Crippen MR) is 69.5 cm³/mol. The average Bonchev–Trinajstić information content (AvgIpc) is 2.43. The Bertz CT molecular complexity index is 414. The van der Waals surface area contributed by atoms with Crippen molar-refractivity contribution in [1.82, 2.24) is 0 Å². The van der Waals surface area contributed by atoms with Crippen LogP contribution >= 0.6 is 0 Å². The molecule has 104 valence electrons. The maximum absolute atomic E-state index is 13.4. The zero-order valence-electron chi connectivity index (χ0n) is 10.9. The van der Waals surface area contributed by atoms with Crippen molar-refractivity contribution >= 4 is 5.78 Å². The van der Waals surface area contributed by atoms with Gasteiger partial charge in [-0.25, -0.2) is 4.39 Å². The summed E-state index contributed by atoms with van der Waals surface area (Å²) < 4.78 is 24.0. The van der Waals surface area contributed by atoms with Crippen LogP contribution in [0.3, 0.4) is 0 Å². The number of ether oxygens (including phenoxy) is 2. The van der Waals surface area contributed by atoms with Crippen molar-refractivity contribution in [3.05, 3.63) is 35.6 Å².